The Kier molecular flexibility index (Phi) is 5.80. The Morgan fingerprint density at radius 1 is 1.36 bits per heavy atom. The molecule has 2 rings (SSSR count). The zero-order valence-corrected chi connectivity index (χ0v) is 13.6. The lowest BCUT2D eigenvalue weighted by molar-refractivity contribution is 0.0371. The van der Waals surface area contributed by atoms with Crippen LogP contribution in [0.3, 0.4) is 0 Å². The fraction of sp³-hybridized carbons (Fsp3) is 0.588. The van der Waals surface area contributed by atoms with E-state index >= 15 is 0 Å². The van der Waals surface area contributed by atoms with E-state index in [1.807, 2.05) is 24.3 Å². The first-order valence-electron chi connectivity index (χ1n) is 7.80. The second kappa shape index (κ2) is 7.61. The Bertz CT molecular complexity index is 509. The van der Waals surface area contributed by atoms with Gasteiger partial charge in [0.05, 0.1) is 12.3 Å². The summed E-state index contributed by atoms with van der Waals surface area (Å²) in [5.74, 6) is 0.845. The van der Waals surface area contributed by atoms with Gasteiger partial charge in [-0.05, 0) is 45.7 Å². The van der Waals surface area contributed by atoms with Crippen LogP contribution in [0.25, 0.3) is 0 Å². The van der Waals surface area contributed by atoms with E-state index in [-0.39, 0.29) is 12.1 Å². The number of aliphatic hydroxyl groups is 1. The minimum absolute atomic E-state index is 0.0234. The third-order valence-electron chi connectivity index (χ3n) is 3.32. The highest BCUT2D eigenvalue weighted by Gasteiger charge is 2.16. The van der Waals surface area contributed by atoms with Crippen molar-refractivity contribution in [3.8, 4) is 5.75 Å². The van der Waals surface area contributed by atoms with Crippen molar-refractivity contribution < 1.29 is 14.7 Å². The molecule has 0 spiro atoms. The van der Waals surface area contributed by atoms with Crippen LogP contribution in [0.4, 0.5) is 0 Å². The SMILES string of the molecule is CC(C)(C)NCC(O)CO/N=C1\CCCOc2ccccc21. The highest BCUT2D eigenvalue weighted by molar-refractivity contribution is 6.02. The van der Waals surface area contributed by atoms with Crippen LogP contribution < -0.4 is 10.1 Å². The molecule has 0 aromatic heterocycles. The lowest BCUT2D eigenvalue weighted by Gasteiger charge is -2.22. The molecule has 1 aliphatic rings. The van der Waals surface area contributed by atoms with Gasteiger partial charge < -0.3 is 20.0 Å². The molecule has 1 unspecified atom stereocenters. The van der Waals surface area contributed by atoms with Crippen LogP contribution in [0.15, 0.2) is 29.4 Å². The van der Waals surface area contributed by atoms with Gasteiger partial charge >= 0.3 is 0 Å². The average Bonchev–Trinajstić information content (AvgIpc) is 2.67. The van der Waals surface area contributed by atoms with Gasteiger partial charge in [-0.1, -0.05) is 17.3 Å². The van der Waals surface area contributed by atoms with Crippen LogP contribution in [0.1, 0.15) is 39.2 Å². The number of ether oxygens (including phenoxy) is 1. The van der Waals surface area contributed by atoms with E-state index in [0.29, 0.717) is 13.2 Å². The van der Waals surface area contributed by atoms with E-state index in [1.54, 1.807) is 0 Å². The van der Waals surface area contributed by atoms with Gasteiger partial charge in [0.25, 0.3) is 0 Å². The van der Waals surface area contributed by atoms with E-state index < -0.39 is 6.10 Å². The first-order chi connectivity index (χ1) is 10.5. The minimum Gasteiger partial charge on any atom is -0.493 e. The van der Waals surface area contributed by atoms with Crippen LogP contribution in [0, 0.1) is 0 Å². The molecular weight excluding hydrogens is 280 g/mol. The highest BCUT2D eigenvalue weighted by atomic mass is 16.6. The molecule has 0 fully saturated rings. The average molecular weight is 306 g/mol. The number of nitrogens with one attached hydrogen (secondary N) is 1. The third-order valence-corrected chi connectivity index (χ3v) is 3.32. The number of benzene rings is 1. The van der Waals surface area contributed by atoms with Crippen molar-refractivity contribution in [1.29, 1.82) is 0 Å². The van der Waals surface area contributed by atoms with Gasteiger partial charge in [-0.15, -0.1) is 0 Å². The van der Waals surface area contributed by atoms with Gasteiger partial charge in [0.15, 0.2) is 0 Å². The number of oxime groups is 1. The molecule has 1 aromatic carbocycles. The first-order valence-corrected chi connectivity index (χ1v) is 7.80. The van der Waals surface area contributed by atoms with Crippen LogP contribution >= 0.6 is 0 Å². The maximum Gasteiger partial charge on any atom is 0.144 e. The normalized spacial score (nSPS) is 18.3. The Morgan fingerprint density at radius 3 is 2.91 bits per heavy atom. The van der Waals surface area contributed by atoms with Crippen molar-refractivity contribution in [3.63, 3.8) is 0 Å². The van der Waals surface area contributed by atoms with Crippen LogP contribution in [0.2, 0.25) is 0 Å². The molecule has 5 heteroatoms. The molecule has 22 heavy (non-hydrogen) atoms. The lowest BCUT2D eigenvalue weighted by atomic mass is 10.1. The first kappa shape index (κ1) is 16.8. The zero-order chi connectivity index (χ0) is 16.0. The van der Waals surface area contributed by atoms with Crippen LogP contribution in [0.5, 0.6) is 5.75 Å². The van der Waals surface area contributed by atoms with E-state index in [9.17, 15) is 5.11 Å². The summed E-state index contributed by atoms with van der Waals surface area (Å²) in [5, 5.41) is 17.4. The Morgan fingerprint density at radius 2 is 2.14 bits per heavy atom. The number of rotatable bonds is 5. The molecule has 0 bridgehead atoms. The summed E-state index contributed by atoms with van der Waals surface area (Å²) in [7, 11) is 0. The number of para-hydroxylation sites is 1. The molecule has 1 aromatic rings. The second-order valence-corrected chi connectivity index (χ2v) is 6.57. The number of nitrogens with zero attached hydrogens (tertiary/aromatic N) is 1. The van der Waals surface area contributed by atoms with Crippen LogP contribution in [-0.2, 0) is 4.84 Å². The number of hydrogen-bond donors (Lipinski definition) is 2. The molecule has 1 aliphatic heterocycles. The van der Waals surface area contributed by atoms with E-state index in [2.05, 4.69) is 31.2 Å². The van der Waals surface area contributed by atoms with Gasteiger partial charge in [-0.3, -0.25) is 0 Å². The number of β-amino-alcohol motifs (C(OH)–C–C–N with tert-alkyl or cyclic N) is 1. The standard InChI is InChI=1S/C17H26N2O3/c1-17(2,3)18-11-13(20)12-22-19-15-8-6-10-21-16-9-5-4-7-14(15)16/h4-5,7,9,13,18,20H,6,8,10-12H2,1-3H3/b19-15+. The van der Waals surface area contributed by atoms with Gasteiger partial charge in [-0.25, -0.2) is 0 Å². The molecule has 1 heterocycles. The molecule has 1 atom stereocenters. The molecule has 2 N–H and O–H groups in total. The molecule has 5 nitrogen and oxygen atoms in total. The molecule has 0 radical (unpaired) electrons. The van der Waals surface area contributed by atoms with Crippen molar-refractivity contribution in [2.75, 3.05) is 19.8 Å². The summed E-state index contributed by atoms with van der Waals surface area (Å²) < 4.78 is 5.69. The minimum atomic E-state index is -0.583. The Hall–Kier alpha value is -1.59. The third kappa shape index (κ3) is 5.31. The number of aliphatic hydroxyl groups excluding tert-OH is 1. The topological polar surface area (TPSA) is 63.1 Å². The Balaban J connectivity index is 1.90. The van der Waals surface area contributed by atoms with Crippen molar-refractivity contribution in [3.05, 3.63) is 29.8 Å². The summed E-state index contributed by atoms with van der Waals surface area (Å²) in [6.07, 6.45) is 1.14. The van der Waals surface area contributed by atoms with Crippen molar-refractivity contribution >= 4 is 5.71 Å². The maximum absolute atomic E-state index is 9.91. The van der Waals surface area contributed by atoms with Crippen molar-refractivity contribution in [2.24, 2.45) is 5.16 Å². The van der Waals surface area contributed by atoms with Gasteiger partial charge in [0.2, 0.25) is 0 Å². The molecule has 0 amide bonds. The summed E-state index contributed by atoms with van der Waals surface area (Å²) in [6.45, 7) is 7.52. The maximum atomic E-state index is 9.91. The predicted octanol–water partition coefficient (Wildman–Crippen LogP) is 2.33. The number of hydrogen-bond acceptors (Lipinski definition) is 5. The van der Waals surface area contributed by atoms with E-state index in [4.69, 9.17) is 9.57 Å². The monoisotopic (exact) mass is 306 g/mol. The second-order valence-electron chi connectivity index (χ2n) is 6.57. The summed E-state index contributed by atoms with van der Waals surface area (Å²) in [5.41, 5.74) is 1.83. The van der Waals surface area contributed by atoms with E-state index in [0.717, 1.165) is 29.9 Å². The van der Waals surface area contributed by atoms with Crippen molar-refractivity contribution in [2.45, 2.75) is 45.3 Å². The summed E-state index contributed by atoms with van der Waals surface area (Å²) in [4.78, 5) is 5.35. The quantitative estimate of drug-likeness (QED) is 0.820. The fourth-order valence-electron chi connectivity index (χ4n) is 2.17. The largest absolute Gasteiger partial charge is 0.493 e. The highest BCUT2D eigenvalue weighted by Crippen LogP contribution is 2.24. The summed E-state index contributed by atoms with van der Waals surface area (Å²) in [6, 6.07) is 7.84. The fourth-order valence-corrected chi connectivity index (χ4v) is 2.17. The molecule has 0 saturated heterocycles. The van der Waals surface area contributed by atoms with Gasteiger partial charge in [-0.2, -0.15) is 0 Å². The predicted molar refractivity (Wildman–Crippen MR) is 87.4 cm³/mol. The molecule has 0 saturated carbocycles. The zero-order valence-electron chi connectivity index (χ0n) is 13.6. The summed E-state index contributed by atoms with van der Waals surface area (Å²) >= 11 is 0. The molecule has 0 aliphatic carbocycles. The molecule has 122 valence electrons. The molecular formula is C17H26N2O3. The number of fused-ring (bicyclic) bond motifs is 1. The van der Waals surface area contributed by atoms with Crippen LogP contribution in [-0.4, -0.2) is 42.2 Å². The van der Waals surface area contributed by atoms with Crippen molar-refractivity contribution in [1.82, 2.24) is 5.32 Å². The smallest absolute Gasteiger partial charge is 0.144 e. The lowest BCUT2D eigenvalue weighted by Crippen LogP contribution is -2.42. The van der Waals surface area contributed by atoms with E-state index in [1.165, 1.54) is 0 Å². The Labute approximate surface area is 132 Å². The van der Waals surface area contributed by atoms with Gasteiger partial charge in [0.1, 0.15) is 18.5 Å². The van der Waals surface area contributed by atoms with Gasteiger partial charge in [0, 0.05) is 17.6 Å².